The van der Waals surface area contributed by atoms with Gasteiger partial charge in [-0.2, -0.15) is 0 Å². The Bertz CT molecular complexity index is 403. The molecule has 0 saturated carbocycles. The van der Waals surface area contributed by atoms with Gasteiger partial charge in [0, 0.05) is 45.4 Å². The third-order valence-electron chi connectivity index (χ3n) is 3.31. The van der Waals surface area contributed by atoms with Crippen molar-refractivity contribution in [1.29, 1.82) is 0 Å². The number of hydrogen-bond acceptors (Lipinski definition) is 6. The van der Waals surface area contributed by atoms with Gasteiger partial charge in [0.05, 0.1) is 0 Å². The van der Waals surface area contributed by atoms with Crippen LogP contribution in [-0.4, -0.2) is 70.8 Å². The standard InChI is InChI=1S/C12H32N4O6P2/c13-5-6-14-7-8-15-9-10-16-12(24(20,21)22)4-2-1-3-11-23(17,18)19/h12,14-16H,1-11,13H2,(H2,17,18,19)(H2,20,21,22). The molecule has 0 rings (SSSR count). The lowest BCUT2D eigenvalue weighted by Crippen LogP contribution is -2.37. The van der Waals surface area contributed by atoms with E-state index in [4.69, 9.17) is 15.5 Å². The molecule has 24 heavy (non-hydrogen) atoms. The van der Waals surface area contributed by atoms with Gasteiger partial charge in [-0.1, -0.05) is 12.8 Å². The van der Waals surface area contributed by atoms with Crippen LogP contribution in [0, 0.1) is 0 Å². The second kappa shape index (κ2) is 13.4. The van der Waals surface area contributed by atoms with Gasteiger partial charge in [-0.15, -0.1) is 0 Å². The van der Waals surface area contributed by atoms with E-state index in [1.807, 2.05) is 0 Å². The minimum absolute atomic E-state index is 0.191. The van der Waals surface area contributed by atoms with E-state index in [9.17, 15) is 18.9 Å². The van der Waals surface area contributed by atoms with Crippen LogP contribution in [0.25, 0.3) is 0 Å². The first-order valence-corrected chi connectivity index (χ1v) is 11.6. The highest BCUT2D eigenvalue weighted by Gasteiger charge is 2.27. The normalized spacial score (nSPS) is 14.0. The van der Waals surface area contributed by atoms with Crippen molar-refractivity contribution < 1.29 is 28.7 Å². The third-order valence-corrected chi connectivity index (χ3v) is 5.47. The molecule has 0 saturated heterocycles. The molecule has 0 aromatic rings. The van der Waals surface area contributed by atoms with Gasteiger partial charge in [-0.3, -0.25) is 9.13 Å². The predicted molar refractivity (Wildman–Crippen MR) is 94.0 cm³/mol. The number of hydrogen-bond donors (Lipinski definition) is 8. The van der Waals surface area contributed by atoms with Gasteiger partial charge < -0.3 is 41.3 Å². The van der Waals surface area contributed by atoms with Crippen LogP contribution < -0.4 is 21.7 Å². The maximum Gasteiger partial charge on any atom is 0.342 e. The van der Waals surface area contributed by atoms with Crippen molar-refractivity contribution in [3.8, 4) is 0 Å². The van der Waals surface area contributed by atoms with Gasteiger partial charge in [-0.25, -0.2) is 0 Å². The molecule has 1 atom stereocenters. The average molecular weight is 390 g/mol. The van der Waals surface area contributed by atoms with Crippen LogP contribution in [0.1, 0.15) is 25.7 Å². The van der Waals surface area contributed by atoms with Crippen molar-refractivity contribution in [1.82, 2.24) is 16.0 Å². The van der Waals surface area contributed by atoms with Crippen LogP contribution in [0.3, 0.4) is 0 Å². The lowest BCUT2D eigenvalue weighted by molar-refractivity contribution is 0.338. The Morgan fingerprint density at radius 3 is 1.96 bits per heavy atom. The van der Waals surface area contributed by atoms with E-state index in [-0.39, 0.29) is 12.6 Å². The summed E-state index contributed by atoms with van der Waals surface area (Å²) >= 11 is 0. The third kappa shape index (κ3) is 15.7. The van der Waals surface area contributed by atoms with E-state index in [1.54, 1.807) is 0 Å². The summed E-state index contributed by atoms with van der Waals surface area (Å²) < 4.78 is 22.2. The van der Waals surface area contributed by atoms with Crippen LogP contribution in [0.5, 0.6) is 0 Å². The molecule has 0 bridgehead atoms. The average Bonchev–Trinajstić information content (AvgIpc) is 2.45. The lowest BCUT2D eigenvalue weighted by Gasteiger charge is -2.20. The van der Waals surface area contributed by atoms with E-state index >= 15 is 0 Å². The first-order chi connectivity index (χ1) is 11.2. The summed E-state index contributed by atoms with van der Waals surface area (Å²) in [7, 11) is -8.23. The van der Waals surface area contributed by atoms with Crippen LogP contribution >= 0.6 is 15.2 Å². The highest BCUT2D eigenvalue weighted by Crippen LogP contribution is 2.42. The van der Waals surface area contributed by atoms with Gasteiger partial charge in [0.25, 0.3) is 0 Å². The molecular weight excluding hydrogens is 358 g/mol. The molecule has 9 N–H and O–H groups in total. The maximum atomic E-state index is 11.5. The molecule has 0 heterocycles. The molecule has 1 unspecified atom stereocenters. The Kier molecular flexibility index (Phi) is 13.4. The molecule has 10 nitrogen and oxygen atoms in total. The molecule has 0 aromatic heterocycles. The van der Waals surface area contributed by atoms with E-state index in [2.05, 4.69) is 16.0 Å². The Labute approximate surface area is 143 Å². The van der Waals surface area contributed by atoms with Crippen LogP contribution in [0.4, 0.5) is 0 Å². The van der Waals surface area contributed by atoms with E-state index in [0.29, 0.717) is 38.9 Å². The van der Waals surface area contributed by atoms with Gasteiger partial charge in [0.15, 0.2) is 0 Å². The molecule has 0 aromatic carbocycles. The number of unbranched alkanes of at least 4 members (excludes halogenated alkanes) is 2. The van der Waals surface area contributed by atoms with Crippen molar-refractivity contribution in [2.75, 3.05) is 45.4 Å². The zero-order chi connectivity index (χ0) is 18.5. The first-order valence-electron chi connectivity index (χ1n) is 8.11. The van der Waals surface area contributed by atoms with Crippen LogP contribution in [0.2, 0.25) is 0 Å². The number of nitrogens with one attached hydrogen (secondary N) is 3. The summed E-state index contributed by atoms with van der Waals surface area (Å²) in [5, 5.41) is 9.11. The Morgan fingerprint density at radius 2 is 1.42 bits per heavy atom. The molecule has 0 aliphatic rings. The fourth-order valence-electron chi connectivity index (χ4n) is 2.08. The monoisotopic (exact) mass is 390 g/mol. The molecule has 146 valence electrons. The summed E-state index contributed by atoms with van der Waals surface area (Å²) in [6, 6.07) is 0. The molecule has 0 fully saturated rings. The van der Waals surface area contributed by atoms with Crippen molar-refractivity contribution in [3.05, 3.63) is 0 Å². The maximum absolute atomic E-state index is 11.5. The highest BCUT2D eigenvalue weighted by atomic mass is 31.2. The van der Waals surface area contributed by atoms with Gasteiger partial charge in [-0.05, 0) is 12.8 Å². The topological polar surface area (TPSA) is 177 Å². The van der Waals surface area contributed by atoms with Crippen molar-refractivity contribution in [2.45, 2.75) is 31.5 Å². The fraction of sp³-hybridized carbons (Fsp3) is 1.00. The molecule has 0 aliphatic carbocycles. The van der Waals surface area contributed by atoms with E-state index in [0.717, 1.165) is 19.6 Å². The molecule has 0 radical (unpaired) electrons. The predicted octanol–water partition coefficient (Wildman–Crippen LogP) is -1.04. The van der Waals surface area contributed by atoms with Crippen molar-refractivity contribution in [3.63, 3.8) is 0 Å². The largest absolute Gasteiger partial charge is 0.342 e. The summed E-state index contributed by atoms with van der Waals surface area (Å²) in [6.07, 6.45) is 1.44. The van der Waals surface area contributed by atoms with Gasteiger partial charge in [0.1, 0.15) is 5.78 Å². The summed E-state index contributed by atoms with van der Waals surface area (Å²) in [6.45, 7) is 3.86. The summed E-state index contributed by atoms with van der Waals surface area (Å²) in [5.41, 5.74) is 5.34. The molecule has 0 amide bonds. The molecule has 12 heteroatoms. The summed E-state index contributed by atoms with van der Waals surface area (Å²) in [4.78, 5) is 36.2. The molecular formula is C12H32N4O6P2. The summed E-state index contributed by atoms with van der Waals surface area (Å²) in [5.74, 6) is -0.926. The second-order valence-electron chi connectivity index (χ2n) is 5.59. The molecule has 0 aliphatic heterocycles. The zero-order valence-electron chi connectivity index (χ0n) is 13.9. The first kappa shape index (κ1) is 24.1. The Balaban J connectivity index is 3.83. The Hall–Kier alpha value is 0.140. The van der Waals surface area contributed by atoms with Gasteiger partial charge in [0.2, 0.25) is 0 Å². The smallest absolute Gasteiger partial charge is 0.329 e. The quantitative estimate of drug-likeness (QED) is 0.120. The fourth-order valence-corrected chi connectivity index (χ4v) is 3.60. The minimum atomic E-state index is -4.25. The number of rotatable bonds is 16. The van der Waals surface area contributed by atoms with Crippen LogP contribution in [0.15, 0.2) is 0 Å². The van der Waals surface area contributed by atoms with Crippen LogP contribution in [-0.2, 0) is 9.13 Å². The minimum Gasteiger partial charge on any atom is -0.329 e. The highest BCUT2D eigenvalue weighted by molar-refractivity contribution is 7.52. The second-order valence-corrected chi connectivity index (χ2v) is 9.16. The Morgan fingerprint density at radius 1 is 0.833 bits per heavy atom. The van der Waals surface area contributed by atoms with Crippen molar-refractivity contribution >= 4 is 15.2 Å². The van der Waals surface area contributed by atoms with E-state index < -0.39 is 21.0 Å². The molecule has 0 spiro atoms. The van der Waals surface area contributed by atoms with Crippen molar-refractivity contribution in [2.24, 2.45) is 5.73 Å². The lowest BCUT2D eigenvalue weighted by atomic mass is 10.2. The van der Waals surface area contributed by atoms with Gasteiger partial charge >= 0.3 is 15.2 Å². The van der Waals surface area contributed by atoms with E-state index in [1.165, 1.54) is 0 Å². The zero-order valence-corrected chi connectivity index (χ0v) is 15.7. The SMILES string of the molecule is NCCNCCNCCNC(CCCCCP(=O)(O)O)P(=O)(O)O. The number of nitrogens with two attached hydrogens (primary N) is 1.